The van der Waals surface area contributed by atoms with Crippen LogP contribution in [0.5, 0.6) is 0 Å². The number of hydrogen-bond acceptors (Lipinski definition) is 5. The maximum Gasteiger partial charge on any atom is 0.163 e. The van der Waals surface area contributed by atoms with E-state index in [4.69, 9.17) is 9.72 Å². The van der Waals surface area contributed by atoms with E-state index in [0.29, 0.717) is 12.1 Å². The topological polar surface area (TPSA) is 59.9 Å². The van der Waals surface area contributed by atoms with Crippen LogP contribution in [-0.2, 0) is 4.74 Å². The van der Waals surface area contributed by atoms with Crippen LogP contribution in [0.1, 0.15) is 36.9 Å². The van der Waals surface area contributed by atoms with E-state index in [2.05, 4.69) is 22.2 Å². The standard InChI is InChI=1S/C19H24N4O/c1-12-13(2)21-19(15-4-3-8-20-11-15)23-18(12)22-16-7-9-24-17(10-16)14-5-6-14/h3-4,8,11,14,16-17H,5-7,9-10H2,1-2H3,(H,21,22,23). The Hall–Kier alpha value is -2.01. The Morgan fingerprint density at radius 1 is 1.17 bits per heavy atom. The molecule has 4 rings (SSSR count). The van der Waals surface area contributed by atoms with Crippen molar-refractivity contribution in [2.45, 2.75) is 51.7 Å². The Morgan fingerprint density at radius 3 is 2.79 bits per heavy atom. The molecular weight excluding hydrogens is 300 g/mol. The van der Waals surface area contributed by atoms with Crippen molar-refractivity contribution in [3.05, 3.63) is 35.8 Å². The molecule has 2 unspecified atom stereocenters. The molecule has 3 heterocycles. The molecule has 2 aromatic heterocycles. The average molecular weight is 324 g/mol. The normalized spacial score (nSPS) is 23.9. The van der Waals surface area contributed by atoms with E-state index in [-0.39, 0.29) is 0 Å². The van der Waals surface area contributed by atoms with E-state index in [0.717, 1.165) is 53.8 Å². The van der Waals surface area contributed by atoms with Crippen LogP contribution in [0.4, 0.5) is 5.82 Å². The number of rotatable bonds is 4. The van der Waals surface area contributed by atoms with Gasteiger partial charge < -0.3 is 10.1 Å². The van der Waals surface area contributed by atoms with E-state index >= 15 is 0 Å². The predicted molar refractivity (Wildman–Crippen MR) is 93.8 cm³/mol. The number of aromatic nitrogens is 3. The summed E-state index contributed by atoms with van der Waals surface area (Å²) in [6, 6.07) is 4.34. The van der Waals surface area contributed by atoms with E-state index in [9.17, 15) is 0 Å². The lowest BCUT2D eigenvalue weighted by molar-refractivity contribution is -0.00224. The van der Waals surface area contributed by atoms with Gasteiger partial charge >= 0.3 is 0 Å². The molecule has 5 heteroatoms. The molecule has 1 saturated heterocycles. The van der Waals surface area contributed by atoms with Crippen LogP contribution < -0.4 is 5.32 Å². The van der Waals surface area contributed by atoms with E-state index < -0.39 is 0 Å². The predicted octanol–water partition coefficient (Wildman–Crippen LogP) is 3.52. The summed E-state index contributed by atoms with van der Waals surface area (Å²) in [5.74, 6) is 2.47. The zero-order valence-electron chi connectivity index (χ0n) is 14.3. The van der Waals surface area contributed by atoms with Gasteiger partial charge in [-0.05, 0) is 57.6 Å². The molecule has 1 saturated carbocycles. The van der Waals surface area contributed by atoms with Crippen LogP contribution in [0.25, 0.3) is 11.4 Å². The van der Waals surface area contributed by atoms with Crippen LogP contribution >= 0.6 is 0 Å². The summed E-state index contributed by atoms with van der Waals surface area (Å²) in [5.41, 5.74) is 3.08. The highest BCUT2D eigenvalue weighted by molar-refractivity contribution is 5.58. The fraction of sp³-hybridized carbons (Fsp3) is 0.526. The number of ether oxygens (including phenoxy) is 1. The highest BCUT2D eigenvalue weighted by atomic mass is 16.5. The minimum absolute atomic E-state index is 0.428. The van der Waals surface area contributed by atoms with Crippen LogP contribution in [0.15, 0.2) is 24.5 Å². The van der Waals surface area contributed by atoms with Crippen molar-refractivity contribution in [2.75, 3.05) is 11.9 Å². The molecular formula is C19H24N4O. The summed E-state index contributed by atoms with van der Waals surface area (Å²) in [6.45, 7) is 4.97. The van der Waals surface area contributed by atoms with E-state index in [1.807, 2.05) is 25.3 Å². The molecule has 1 N–H and O–H groups in total. The van der Waals surface area contributed by atoms with Gasteiger partial charge in [0.2, 0.25) is 0 Å². The second-order valence-corrected chi connectivity index (χ2v) is 6.96. The summed E-state index contributed by atoms with van der Waals surface area (Å²) >= 11 is 0. The first-order valence-electron chi connectivity index (χ1n) is 8.84. The monoisotopic (exact) mass is 324 g/mol. The van der Waals surface area contributed by atoms with Gasteiger partial charge in [0.25, 0.3) is 0 Å². The van der Waals surface area contributed by atoms with Crippen molar-refractivity contribution in [2.24, 2.45) is 5.92 Å². The van der Waals surface area contributed by atoms with Crippen LogP contribution in [0.2, 0.25) is 0 Å². The van der Waals surface area contributed by atoms with Gasteiger partial charge in [0.1, 0.15) is 5.82 Å². The van der Waals surface area contributed by atoms with Crippen molar-refractivity contribution < 1.29 is 4.74 Å². The van der Waals surface area contributed by atoms with Gasteiger partial charge in [-0.15, -0.1) is 0 Å². The number of nitrogens with zero attached hydrogens (tertiary/aromatic N) is 3. The SMILES string of the molecule is Cc1nc(-c2cccnc2)nc(NC2CCOC(C3CC3)C2)c1C. The molecule has 0 radical (unpaired) electrons. The van der Waals surface area contributed by atoms with Crippen molar-refractivity contribution in [1.29, 1.82) is 0 Å². The molecule has 2 aliphatic rings. The summed E-state index contributed by atoms with van der Waals surface area (Å²) < 4.78 is 5.94. The molecule has 24 heavy (non-hydrogen) atoms. The number of pyridine rings is 1. The van der Waals surface area contributed by atoms with Crippen molar-refractivity contribution in [1.82, 2.24) is 15.0 Å². The van der Waals surface area contributed by atoms with Crippen LogP contribution in [-0.4, -0.2) is 33.7 Å². The molecule has 0 aromatic carbocycles. The van der Waals surface area contributed by atoms with Gasteiger partial charge in [-0.1, -0.05) is 0 Å². The second kappa shape index (κ2) is 6.48. The number of anilines is 1. The minimum Gasteiger partial charge on any atom is -0.378 e. The fourth-order valence-electron chi connectivity index (χ4n) is 3.34. The molecule has 126 valence electrons. The molecule has 1 aliphatic heterocycles. The van der Waals surface area contributed by atoms with Gasteiger partial charge in [0, 0.05) is 41.9 Å². The van der Waals surface area contributed by atoms with Crippen molar-refractivity contribution in [3.8, 4) is 11.4 Å². The maximum absolute atomic E-state index is 5.94. The number of aryl methyl sites for hydroxylation is 1. The van der Waals surface area contributed by atoms with Crippen molar-refractivity contribution in [3.63, 3.8) is 0 Å². The largest absolute Gasteiger partial charge is 0.378 e. The Balaban J connectivity index is 1.56. The van der Waals surface area contributed by atoms with Crippen LogP contribution in [0.3, 0.4) is 0 Å². The third kappa shape index (κ3) is 3.26. The van der Waals surface area contributed by atoms with Gasteiger partial charge in [-0.2, -0.15) is 0 Å². The Labute approximate surface area is 142 Å². The zero-order valence-corrected chi connectivity index (χ0v) is 14.3. The summed E-state index contributed by atoms with van der Waals surface area (Å²) in [4.78, 5) is 13.6. The first-order chi connectivity index (χ1) is 11.7. The zero-order chi connectivity index (χ0) is 16.5. The van der Waals surface area contributed by atoms with Gasteiger partial charge in [0.15, 0.2) is 5.82 Å². The lowest BCUT2D eigenvalue weighted by Crippen LogP contribution is -2.35. The molecule has 1 aliphatic carbocycles. The Kier molecular flexibility index (Phi) is 4.19. The number of nitrogens with one attached hydrogen (secondary N) is 1. The summed E-state index contributed by atoms with van der Waals surface area (Å²) in [6.07, 6.45) is 8.78. The maximum atomic E-state index is 5.94. The third-order valence-corrected chi connectivity index (χ3v) is 5.11. The number of hydrogen-bond donors (Lipinski definition) is 1. The molecule has 0 amide bonds. The highest BCUT2D eigenvalue weighted by Crippen LogP contribution is 2.38. The molecule has 2 fully saturated rings. The highest BCUT2D eigenvalue weighted by Gasteiger charge is 2.36. The Bertz CT molecular complexity index is 715. The Morgan fingerprint density at radius 2 is 2.04 bits per heavy atom. The molecule has 2 atom stereocenters. The molecule has 0 spiro atoms. The second-order valence-electron chi connectivity index (χ2n) is 6.96. The first-order valence-corrected chi connectivity index (χ1v) is 8.84. The third-order valence-electron chi connectivity index (χ3n) is 5.11. The quantitative estimate of drug-likeness (QED) is 0.932. The van der Waals surface area contributed by atoms with E-state index in [1.54, 1.807) is 6.20 Å². The first kappa shape index (κ1) is 15.5. The smallest absolute Gasteiger partial charge is 0.163 e. The van der Waals surface area contributed by atoms with Crippen molar-refractivity contribution >= 4 is 5.82 Å². The minimum atomic E-state index is 0.428. The summed E-state index contributed by atoms with van der Waals surface area (Å²) in [7, 11) is 0. The van der Waals surface area contributed by atoms with Gasteiger partial charge in [0.05, 0.1) is 6.10 Å². The van der Waals surface area contributed by atoms with Gasteiger partial charge in [-0.3, -0.25) is 4.98 Å². The molecule has 2 aromatic rings. The average Bonchev–Trinajstić information content (AvgIpc) is 3.45. The van der Waals surface area contributed by atoms with E-state index in [1.165, 1.54) is 12.8 Å². The lowest BCUT2D eigenvalue weighted by Gasteiger charge is -2.31. The molecule has 0 bridgehead atoms. The fourth-order valence-corrected chi connectivity index (χ4v) is 3.34. The lowest BCUT2D eigenvalue weighted by atomic mass is 10.00. The summed E-state index contributed by atoms with van der Waals surface area (Å²) in [5, 5.41) is 3.66. The van der Waals surface area contributed by atoms with Gasteiger partial charge in [-0.25, -0.2) is 9.97 Å². The van der Waals surface area contributed by atoms with Crippen LogP contribution in [0, 0.1) is 19.8 Å². The molecule has 5 nitrogen and oxygen atoms in total.